The Hall–Kier alpha value is -3.13. The fraction of sp³-hybridized carbons (Fsp3) is 0.320. The molecule has 0 aliphatic carbocycles. The molecule has 7 heteroatoms. The zero-order valence-electron chi connectivity index (χ0n) is 19.2. The summed E-state index contributed by atoms with van der Waals surface area (Å²) >= 11 is 0. The molecular formula is C25H33N7. The highest BCUT2D eigenvalue weighted by molar-refractivity contribution is 5.83. The number of H-pyrrole nitrogens is 1. The van der Waals surface area contributed by atoms with Crippen molar-refractivity contribution in [2.75, 3.05) is 46.8 Å². The van der Waals surface area contributed by atoms with E-state index in [1.165, 1.54) is 5.56 Å². The fourth-order valence-corrected chi connectivity index (χ4v) is 3.50. The Morgan fingerprint density at radius 2 is 1.94 bits per heavy atom. The lowest BCUT2D eigenvalue weighted by Crippen LogP contribution is -2.43. The largest absolute Gasteiger partial charge is 0.335 e. The summed E-state index contributed by atoms with van der Waals surface area (Å²) in [6.45, 7) is 21.9. The van der Waals surface area contributed by atoms with Gasteiger partial charge in [0.1, 0.15) is 5.69 Å². The first kappa shape index (κ1) is 23.5. The summed E-state index contributed by atoms with van der Waals surface area (Å²) in [6, 6.07) is 4.09. The quantitative estimate of drug-likeness (QED) is 0.445. The summed E-state index contributed by atoms with van der Waals surface area (Å²) in [4.78, 5) is 21.4. The van der Waals surface area contributed by atoms with Gasteiger partial charge in [0.25, 0.3) is 0 Å². The highest BCUT2D eigenvalue weighted by Gasteiger charge is 2.16. The molecule has 0 saturated carbocycles. The monoisotopic (exact) mass is 431 g/mol. The van der Waals surface area contributed by atoms with Crippen LogP contribution in [-0.4, -0.2) is 78.3 Å². The van der Waals surface area contributed by atoms with E-state index in [2.05, 4.69) is 74.6 Å². The molecule has 2 aromatic heterocycles. The highest BCUT2D eigenvalue weighted by atomic mass is 15.2. The maximum absolute atomic E-state index is 4.62. The SMILES string of the molecule is C=Nc1nc(-c2ccc(CN3CCN(C)CC3)cn2)[nH]c1C(=C)C(=C)/C=C\C(=C)CNC. The second-order valence-electron chi connectivity index (χ2n) is 8.10. The van der Waals surface area contributed by atoms with Gasteiger partial charge >= 0.3 is 0 Å². The summed E-state index contributed by atoms with van der Waals surface area (Å²) in [7, 11) is 4.05. The molecule has 2 N–H and O–H groups in total. The summed E-state index contributed by atoms with van der Waals surface area (Å²) < 4.78 is 0. The standard InChI is InChI=1S/C25H33N7/c1-18(15-26-4)7-8-19(2)20(3)23-25(27-5)30-24(29-23)22-10-9-21(16-28-22)17-32-13-11-31(6)12-14-32/h7-10,16,26H,1-3,5,11-15,17H2,4,6H3,(H,29,30)/b8-7-. The van der Waals surface area contributed by atoms with Crippen LogP contribution in [-0.2, 0) is 6.54 Å². The Morgan fingerprint density at radius 1 is 1.19 bits per heavy atom. The van der Waals surface area contributed by atoms with Gasteiger partial charge in [0.05, 0.1) is 5.69 Å². The number of nitrogens with zero attached hydrogens (tertiary/aromatic N) is 5. The molecule has 1 aliphatic rings. The minimum Gasteiger partial charge on any atom is -0.335 e. The molecule has 0 amide bonds. The van der Waals surface area contributed by atoms with Gasteiger partial charge in [0.2, 0.25) is 0 Å². The lowest BCUT2D eigenvalue weighted by molar-refractivity contribution is 0.148. The van der Waals surface area contributed by atoms with Gasteiger partial charge in [-0.25, -0.2) is 9.98 Å². The molecule has 3 heterocycles. The number of imidazole rings is 1. The first-order chi connectivity index (χ1) is 15.4. The number of aromatic nitrogens is 3. The normalized spacial score (nSPS) is 15.2. The third kappa shape index (κ3) is 5.97. The average molecular weight is 432 g/mol. The first-order valence-corrected chi connectivity index (χ1v) is 10.7. The van der Waals surface area contributed by atoms with Crippen molar-refractivity contribution >= 4 is 18.1 Å². The van der Waals surface area contributed by atoms with Gasteiger partial charge in [-0.1, -0.05) is 38.0 Å². The summed E-state index contributed by atoms with van der Waals surface area (Å²) in [6.07, 6.45) is 5.73. The molecule has 32 heavy (non-hydrogen) atoms. The maximum Gasteiger partial charge on any atom is 0.178 e. The van der Waals surface area contributed by atoms with E-state index in [-0.39, 0.29) is 0 Å². The third-order valence-electron chi connectivity index (χ3n) is 5.52. The molecule has 0 atom stereocenters. The van der Waals surface area contributed by atoms with Crippen LogP contribution in [0.15, 0.2) is 66.4 Å². The van der Waals surface area contributed by atoms with Crippen LogP contribution in [0, 0.1) is 0 Å². The highest BCUT2D eigenvalue weighted by Crippen LogP contribution is 2.30. The number of aliphatic imine (C=N–C) groups is 1. The molecule has 0 radical (unpaired) electrons. The minimum atomic E-state index is 0.483. The van der Waals surface area contributed by atoms with Gasteiger partial charge in [-0.05, 0) is 43.6 Å². The number of aromatic amines is 1. The van der Waals surface area contributed by atoms with E-state index in [4.69, 9.17) is 0 Å². The third-order valence-corrected chi connectivity index (χ3v) is 5.52. The molecular weight excluding hydrogens is 398 g/mol. The van der Waals surface area contributed by atoms with Crippen molar-refractivity contribution in [1.82, 2.24) is 30.1 Å². The van der Waals surface area contributed by atoms with Gasteiger partial charge in [0.15, 0.2) is 11.6 Å². The molecule has 0 bridgehead atoms. The molecule has 0 spiro atoms. The van der Waals surface area contributed by atoms with E-state index in [9.17, 15) is 0 Å². The van der Waals surface area contributed by atoms with Crippen molar-refractivity contribution < 1.29 is 0 Å². The van der Waals surface area contributed by atoms with Crippen molar-refractivity contribution in [3.63, 3.8) is 0 Å². The van der Waals surface area contributed by atoms with E-state index < -0.39 is 0 Å². The number of likely N-dealkylation sites (N-methyl/N-ethyl adjacent to an activating group) is 2. The van der Waals surface area contributed by atoms with Crippen LogP contribution in [0.25, 0.3) is 17.1 Å². The van der Waals surface area contributed by atoms with Crippen molar-refractivity contribution in [2.24, 2.45) is 4.99 Å². The Kier molecular flexibility index (Phi) is 8.05. The van der Waals surface area contributed by atoms with Crippen molar-refractivity contribution in [1.29, 1.82) is 0 Å². The van der Waals surface area contributed by atoms with Crippen molar-refractivity contribution in [3.8, 4) is 11.5 Å². The Labute approximate surface area is 191 Å². The zero-order chi connectivity index (χ0) is 23.1. The van der Waals surface area contributed by atoms with Gasteiger partial charge < -0.3 is 15.2 Å². The molecule has 1 saturated heterocycles. The molecule has 1 fully saturated rings. The summed E-state index contributed by atoms with van der Waals surface area (Å²) in [5, 5.41) is 3.07. The predicted octanol–water partition coefficient (Wildman–Crippen LogP) is 3.45. The van der Waals surface area contributed by atoms with Crippen molar-refractivity contribution in [2.45, 2.75) is 6.54 Å². The van der Waals surface area contributed by atoms with Crippen LogP contribution in [0.2, 0.25) is 0 Å². The van der Waals surface area contributed by atoms with Gasteiger partial charge in [-0.15, -0.1) is 0 Å². The summed E-state index contributed by atoms with van der Waals surface area (Å²) in [5.74, 6) is 1.11. The van der Waals surface area contributed by atoms with Crippen LogP contribution < -0.4 is 5.32 Å². The van der Waals surface area contributed by atoms with E-state index in [0.29, 0.717) is 29.5 Å². The number of hydrogen-bond donors (Lipinski definition) is 2. The van der Waals surface area contributed by atoms with E-state index in [1.54, 1.807) is 0 Å². The Bertz CT molecular complexity index is 1010. The van der Waals surface area contributed by atoms with E-state index in [1.807, 2.05) is 31.5 Å². The number of piperazine rings is 1. The molecule has 2 aromatic rings. The lowest BCUT2D eigenvalue weighted by atomic mass is 10.1. The fourth-order valence-electron chi connectivity index (χ4n) is 3.50. The van der Waals surface area contributed by atoms with E-state index in [0.717, 1.165) is 49.6 Å². The lowest BCUT2D eigenvalue weighted by Gasteiger charge is -2.32. The molecule has 168 valence electrons. The number of nitrogens with one attached hydrogen (secondary N) is 2. The molecule has 3 rings (SSSR count). The molecule has 0 unspecified atom stereocenters. The smallest absolute Gasteiger partial charge is 0.178 e. The summed E-state index contributed by atoms with van der Waals surface area (Å²) in [5.41, 5.74) is 5.03. The van der Waals surface area contributed by atoms with Gasteiger partial charge in [-0.2, -0.15) is 0 Å². The number of rotatable bonds is 10. The second-order valence-corrected chi connectivity index (χ2v) is 8.10. The molecule has 7 nitrogen and oxygen atoms in total. The number of allylic oxidation sites excluding steroid dienone is 3. The first-order valence-electron chi connectivity index (χ1n) is 10.7. The zero-order valence-corrected chi connectivity index (χ0v) is 19.2. The predicted molar refractivity (Wildman–Crippen MR) is 134 cm³/mol. The number of hydrogen-bond acceptors (Lipinski definition) is 6. The van der Waals surface area contributed by atoms with Crippen LogP contribution in [0.5, 0.6) is 0 Å². The minimum absolute atomic E-state index is 0.483. The number of pyridine rings is 1. The van der Waals surface area contributed by atoms with Gasteiger partial charge in [-0.3, -0.25) is 9.88 Å². The van der Waals surface area contributed by atoms with E-state index >= 15 is 0 Å². The van der Waals surface area contributed by atoms with Crippen LogP contribution >= 0.6 is 0 Å². The van der Waals surface area contributed by atoms with Crippen LogP contribution in [0.1, 0.15) is 11.3 Å². The maximum atomic E-state index is 4.62. The van der Waals surface area contributed by atoms with Crippen LogP contribution in [0.3, 0.4) is 0 Å². The Balaban J connectivity index is 1.71. The van der Waals surface area contributed by atoms with Crippen LogP contribution in [0.4, 0.5) is 5.82 Å². The average Bonchev–Trinajstić information content (AvgIpc) is 3.23. The van der Waals surface area contributed by atoms with Gasteiger partial charge in [0, 0.05) is 51.0 Å². The molecule has 1 aliphatic heterocycles. The second kappa shape index (κ2) is 10.9. The Morgan fingerprint density at radius 3 is 2.56 bits per heavy atom. The van der Waals surface area contributed by atoms with Crippen molar-refractivity contribution in [3.05, 3.63) is 72.6 Å². The topological polar surface area (TPSA) is 72.4 Å². The molecule has 0 aromatic carbocycles.